The molecule has 1 aliphatic rings. The van der Waals surface area contributed by atoms with Gasteiger partial charge in [-0.3, -0.25) is 0 Å². The van der Waals surface area contributed by atoms with Gasteiger partial charge in [0, 0.05) is 13.2 Å². The molecule has 0 radical (unpaired) electrons. The lowest BCUT2D eigenvalue weighted by molar-refractivity contribution is -0.162. The van der Waals surface area contributed by atoms with Crippen LogP contribution in [0, 0.1) is 0 Å². The topological polar surface area (TPSA) is 18.5 Å². The van der Waals surface area contributed by atoms with Gasteiger partial charge in [-0.05, 0) is 51.4 Å². The highest BCUT2D eigenvalue weighted by Gasteiger charge is 2.13. The Bertz CT molecular complexity index is 232. The lowest BCUT2D eigenvalue weighted by atomic mass is 10.1. The van der Waals surface area contributed by atoms with E-state index in [1.165, 1.54) is 77.0 Å². The van der Waals surface area contributed by atoms with Crippen LogP contribution in [0.1, 0.15) is 90.4 Å². The normalized spacial score (nSPS) is 19.4. The van der Waals surface area contributed by atoms with Gasteiger partial charge in [0.2, 0.25) is 0 Å². The van der Waals surface area contributed by atoms with Crippen LogP contribution in [0.25, 0.3) is 0 Å². The van der Waals surface area contributed by atoms with Crippen molar-refractivity contribution < 1.29 is 9.47 Å². The lowest BCUT2D eigenvalue weighted by Crippen LogP contribution is -2.22. The summed E-state index contributed by atoms with van der Waals surface area (Å²) in [6.45, 7) is 4.02. The molecule has 1 rings (SSSR count). The predicted molar refractivity (Wildman–Crippen MR) is 90.5 cm³/mol. The van der Waals surface area contributed by atoms with Crippen molar-refractivity contribution >= 4 is 0 Å². The molecule has 0 spiro atoms. The smallest absolute Gasteiger partial charge is 0.157 e. The maximum atomic E-state index is 5.74. The van der Waals surface area contributed by atoms with Crippen molar-refractivity contribution in [2.45, 2.75) is 96.7 Å². The molecule has 0 aromatic rings. The Hall–Kier alpha value is -0.340. The van der Waals surface area contributed by atoms with Crippen LogP contribution in [-0.2, 0) is 9.47 Å². The Morgan fingerprint density at radius 2 is 1.62 bits per heavy atom. The van der Waals surface area contributed by atoms with E-state index in [0.29, 0.717) is 0 Å². The minimum Gasteiger partial charge on any atom is -0.353 e. The maximum absolute atomic E-state index is 5.74. The van der Waals surface area contributed by atoms with Gasteiger partial charge in [-0.2, -0.15) is 0 Å². The number of unbranched alkanes of at least 4 members (excludes halogenated alkanes) is 8. The summed E-state index contributed by atoms with van der Waals surface area (Å²) in [5.41, 5.74) is 0. The fraction of sp³-hybridized carbons (Fsp3) is 0.895. The minimum absolute atomic E-state index is 0.0920. The monoisotopic (exact) mass is 296 g/mol. The molecule has 1 atom stereocenters. The van der Waals surface area contributed by atoms with Gasteiger partial charge in [-0.25, -0.2) is 0 Å². The molecule has 0 aliphatic carbocycles. The van der Waals surface area contributed by atoms with Gasteiger partial charge < -0.3 is 9.47 Å². The second kappa shape index (κ2) is 14.6. The molecule has 0 bridgehead atoms. The van der Waals surface area contributed by atoms with Gasteiger partial charge in [0.15, 0.2) is 6.29 Å². The van der Waals surface area contributed by atoms with Crippen molar-refractivity contribution in [2.75, 3.05) is 13.2 Å². The van der Waals surface area contributed by atoms with Gasteiger partial charge in [0.25, 0.3) is 0 Å². The molecule has 0 aromatic heterocycles. The van der Waals surface area contributed by atoms with Gasteiger partial charge in [0.1, 0.15) is 0 Å². The van der Waals surface area contributed by atoms with E-state index in [0.717, 1.165) is 19.6 Å². The SMILES string of the molecule is CCCCCCC=CCCCCCCOC1CCCCO1. The van der Waals surface area contributed by atoms with Crippen molar-refractivity contribution in [3.05, 3.63) is 12.2 Å². The van der Waals surface area contributed by atoms with Crippen LogP contribution >= 0.6 is 0 Å². The van der Waals surface area contributed by atoms with Crippen molar-refractivity contribution in [1.82, 2.24) is 0 Å². The van der Waals surface area contributed by atoms with Crippen LogP contribution in [0.4, 0.5) is 0 Å². The molecule has 1 aliphatic heterocycles. The maximum Gasteiger partial charge on any atom is 0.157 e. The molecule has 1 heterocycles. The quantitative estimate of drug-likeness (QED) is 0.306. The molecule has 2 heteroatoms. The second-order valence-corrected chi connectivity index (χ2v) is 6.19. The van der Waals surface area contributed by atoms with Crippen molar-refractivity contribution in [1.29, 1.82) is 0 Å². The summed E-state index contributed by atoms with van der Waals surface area (Å²) in [6.07, 6.45) is 21.5. The third-order valence-electron chi connectivity index (χ3n) is 4.10. The molecule has 0 amide bonds. The summed E-state index contributed by atoms with van der Waals surface area (Å²) >= 11 is 0. The first kappa shape index (κ1) is 18.7. The molecule has 21 heavy (non-hydrogen) atoms. The van der Waals surface area contributed by atoms with Crippen LogP contribution < -0.4 is 0 Å². The largest absolute Gasteiger partial charge is 0.353 e. The Morgan fingerprint density at radius 1 is 0.905 bits per heavy atom. The molecular formula is C19H36O2. The van der Waals surface area contributed by atoms with E-state index in [9.17, 15) is 0 Å². The third-order valence-corrected chi connectivity index (χ3v) is 4.10. The molecule has 1 saturated heterocycles. The Balaban J connectivity index is 1.75. The summed E-state index contributed by atoms with van der Waals surface area (Å²) < 4.78 is 11.3. The first-order valence-corrected chi connectivity index (χ1v) is 9.31. The van der Waals surface area contributed by atoms with E-state index in [-0.39, 0.29) is 6.29 Å². The fourth-order valence-electron chi connectivity index (χ4n) is 2.70. The highest BCUT2D eigenvalue weighted by molar-refractivity contribution is 4.81. The molecule has 0 aromatic carbocycles. The van der Waals surface area contributed by atoms with Crippen molar-refractivity contribution in [3.63, 3.8) is 0 Å². The van der Waals surface area contributed by atoms with Crippen LogP contribution in [0.3, 0.4) is 0 Å². The molecule has 1 unspecified atom stereocenters. The number of hydrogen-bond acceptors (Lipinski definition) is 2. The minimum atomic E-state index is 0.0920. The summed E-state index contributed by atoms with van der Waals surface area (Å²) in [6, 6.07) is 0. The molecule has 0 N–H and O–H groups in total. The van der Waals surface area contributed by atoms with Crippen LogP contribution in [0.15, 0.2) is 12.2 Å². The standard InChI is InChI=1S/C19H36O2/c1-2-3-4-5-6-7-8-9-10-11-12-14-17-20-19-16-13-15-18-21-19/h7-8,19H,2-6,9-18H2,1H3. The van der Waals surface area contributed by atoms with E-state index in [4.69, 9.17) is 9.47 Å². The molecule has 0 saturated carbocycles. The van der Waals surface area contributed by atoms with Crippen LogP contribution in [0.5, 0.6) is 0 Å². The molecular weight excluding hydrogens is 260 g/mol. The van der Waals surface area contributed by atoms with Crippen molar-refractivity contribution in [2.24, 2.45) is 0 Å². The third kappa shape index (κ3) is 11.9. The van der Waals surface area contributed by atoms with Gasteiger partial charge in [-0.15, -0.1) is 0 Å². The van der Waals surface area contributed by atoms with Gasteiger partial charge >= 0.3 is 0 Å². The Labute approximate surface area is 132 Å². The van der Waals surface area contributed by atoms with Gasteiger partial charge in [0.05, 0.1) is 0 Å². The molecule has 1 fully saturated rings. The lowest BCUT2D eigenvalue weighted by Gasteiger charge is -2.22. The highest BCUT2D eigenvalue weighted by atomic mass is 16.7. The fourth-order valence-corrected chi connectivity index (χ4v) is 2.70. The molecule has 2 nitrogen and oxygen atoms in total. The van der Waals surface area contributed by atoms with Crippen LogP contribution in [-0.4, -0.2) is 19.5 Å². The van der Waals surface area contributed by atoms with E-state index < -0.39 is 0 Å². The average molecular weight is 296 g/mol. The summed E-state index contributed by atoms with van der Waals surface area (Å²) in [4.78, 5) is 0. The first-order chi connectivity index (χ1) is 10.4. The second-order valence-electron chi connectivity index (χ2n) is 6.19. The zero-order valence-electron chi connectivity index (χ0n) is 14.2. The number of rotatable bonds is 13. The van der Waals surface area contributed by atoms with E-state index in [2.05, 4.69) is 19.1 Å². The van der Waals surface area contributed by atoms with E-state index in [1.807, 2.05) is 0 Å². The average Bonchev–Trinajstić information content (AvgIpc) is 2.53. The van der Waals surface area contributed by atoms with Crippen molar-refractivity contribution in [3.8, 4) is 0 Å². The Kier molecular flexibility index (Phi) is 13.0. The Morgan fingerprint density at radius 3 is 2.29 bits per heavy atom. The summed E-state index contributed by atoms with van der Waals surface area (Å²) in [5.74, 6) is 0. The summed E-state index contributed by atoms with van der Waals surface area (Å²) in [5, 5.41) is 0. The number of ether oxygens (including phenoxy) is 2. The predicted octanol–water partition coefficient (Wildman–Crippen LogP) is 6.01. The molecule has 124 valence electrons. The highest BCUT2D eigenvalue weighted by Crippen LogP contribution is 2.14. The zero-order valence-corrected chi connectivity index (χ0v) is 14.2. The zero-order chi connectivity index (χ0) is 15.0. The number of allylic oxidation sites excluding steroid dienone is 2. The van der Waals surface area contributed by atoms with Gasteiger partial charge in [-0.1, -0.05) is 51.2 Å². The number of hydrogen-bond donors (Lipinski definition) is 0. The summed E-state index contributed by atoms with van der Waals surface area (Å²) in [7, 11) is 0. The van der Waals surface area contributed by atoms with E-state index in [1.54, 1.807) is 0 Å². The van der Waals surface area contributed by atoms with E-state index >= 15 is 0 Å². The first-order valence-electron chi connectivity index (χ1n) is 9.31. The van der Waals surface area contributed by atoms with Crippen LogP contribution in [0.2, 0.25) is 0 Å².